The lowest BCUT2D eigenvalue weighted by Crippen LogP contribution is -2.01. The van der Waals surface area contributed by atoms with E-state index >= 15 is 0 Å². The highest BCUT2D eigenvalue weighted by Crippen LogP contribution is 2.21. The molecule has 0 bridgehead atoms. The molecule has 0 saturated carbocycles. The van der Waals surface area contributed by atoms with Crippen molar-refractivity contribution in [3.05, 3.63) is 43.6 Å². The largest absolute Gasteiger partial charge is 0.361 e. The van der Waals surface area contributed by atoms with E-state index in [4.69, 9.17) is 16.7 Å². The van der Waals surface area contributed by atoms with E-state index in [0.29, 0.717) is 6.54 Å². The summed E-state index contributed by atoms with van der Waals surface area (Å²) >= 11 is 7.70. The van der Waals surface area contributed by atoms with Crippen molar-refractivity contribution < 1.29 is 4.52 Å². The Hall–Kier alpha value is -1.15. The molecule has 0 aliphatic rings. The highest BCUT2D eigenvalue weighted by Gasteiger charge is 2.12. The number of hydrogen-bond acceptors (Lipinski definition) is 3. The number of aryl methyl sites for hydroxylation is 2. The second-order valence-electron chi connectivity index (χ2n) is 4.48. The van der Waals surface area contributed by atoms with Gasteiger partial charge in [-0.3, -0.25) is 0 Å². The van der Waals surface area contributed by atoms with Crippen LogP contribution in [0.25, 0.3) is 11.0 Å². The van der Waals surface area contributed by atoms with Gasteiger partial charge in [-0.1, -0.05) is 5.16 Å². The third kappa shape index (κ3) is 2.23. The molecule has 0 spiro atoms. The molecule has 3 rings (SSSR count). The van der Waals surface area contributed by atoms with Crippen LogP contribution in [0.5, 0.6) is 0 Å². The van der Waals surface area contributed by atoms with E-state index in [1.165, 1.54) is 3.57 Å². The summed E-state index contributed by atoms with van der Waals surface area (Å²) in [5, 5.41) is 3.99. The fraction of sp³-hybridized carbons (Fsp3) is 0.231. The summed E-state index contributed by atoms with van der Waals surface area (Å²) in [5.74, 6) is 0.847. The molecular weight excluding hydrogens is 373 g/mol. The van der Waals surface area contributed by atoms with Gasteiger partial charge in [0.05, 0.1) is 23.3 Å². The van der Waals surface area contributed by atoms with E-state index in [-0.39, 0.29) is 0 Å². The Kier molecular flexibility index (Phi) is 3.22. The summed E-state index contributed by atoms with van der Waals surface area (Å²) in [4.78, 5) is 3.24. The molecule has 98 valence electrons. The summed E-state index contributed by atoms with van der Waals surface area (Å²) in [7, 11) is 0. The molecule has 0 saturated heterocycles. The molecule has 19 heavy (non-hydrogen) atoms. The lowest BCUT2D eigenvalue weighted by atomic mass is 10.2. The van der Waals surface area contributed by atoms with Crippen molar-refractivity contribution in [3.8, 4) is 0 Å². The molecule has 0 aliphatic carbocycles. The third-order valence-electron chi connectivity index (χ3n) is 3.23. The molecule has 4 nitrogen and oxygen atoms in total. The van der Waals surface area contributed by atoms with Gasteiger partial charge in [0.2, 0.25) is 0 Å². The Balaban J connectivity index is 2.16. The monoisotopic (exact) mass is 385 g/mol. The van der Waals surface area contributed by atoms with Crippen LogP contribution in [0, 0.1) is 22.2 Å². The van der Waals surface area contributed by atoms with Crippen molar-refractivity contribution >= 4 is 45.8 Å². The molecule has 2 aromatic heterocycles. The predicted molar refractivity (Wildman–Crippen MR) is 84.9 cm³/mol. The summed E-state index contributed by atoms with van der Waals surface area (Å²) < 4.78 is 9.19. The number of imidazole rings is 1. The molecule has 2 heterocycles. The van der Waals surface area contributed by atoms with E-state index in [0.717, 1.165) is 32.8 Å². The summed E-state index contributed by atoms with van der Waals surface area (Å²) in [6.07, 6.45) is 0. The third-order valence-corrected chi connectivity index (χ3v) is 4.23. The molecule has 0 unspecified atom stereocenters. The first-order valence-corrected chi connectivity index (χ1v) is 7.35. The Morgan fingerprint density at radius 1 is 1.42 bits per heavy atom. The Labute approximate surface area is 128 Å². The first kappa shape index (κ1) is 12.9. The van der Waals surface area contributed by atoms with Crippen molar-refractivity contribution in [2.24, 2.45) is 0 Å². The highest BCUT2D eigenvalue weighted by molar-refractivity contribution is 14.1. The maximum Gasteiger partial charge on any atom is 0.178 e. The molecular formula is C13H12IN3OS. The average molecular weight is 385 g/mol. The zero-order valence-corrected chi connectivity index (χ0v) is 13.5. The maximum absolute atomic E-state index is 5.41. The second-order valence-corrected chi connectivity index (χ2v) is 6.11. The number of benzene rings is 1. The number of H-pyrrole nitrogens is 1. The minimum atomic E-state index is 0.681. The van der Waals surface area contributed by atoms with Crippen molar-refractivity contribution in [3.63, 3.8) is 0 Å². The molecule has 0 amide bonds. The Morgan fingerprint density at radius 3 is 2.89 bits per heavy atom. The number of aromatic amines is 1. The first-order valence-electron chi connectivity index (χ1n) is 5.86. The van der Waals surface area contributed by atoms with Crippen LogP contribution in [0.2, 0.25) is 0 Å². The molecule has 0 fully saturated rings. The molecule has 1 N–H and O–H groups in total. The molecule has 0 atom stereocenters. The van der Waals surface area contributed by atoms with Crippen LogP contribution < -0.4 is 0 Å². The van der Waals surface area contributed by atoms with Gasteiger partial charge in [0.1, 0.15) is 5.76 Å². The van der Waals surface area contributed by atoms with Crippen LogP contribution in [0.3, 0.4) is 0 Å². The van der Waals surface area contributed by atoms with Gasteiger partial charge < -0.3 is 14.1 Å². The van der Waals surface area contributed by atoms with Crippen LogP contribution >= 0.6 is 34.8 Å². The van der Waals surface area contributed by atoms with Gasteiger partial charge in [-0.25, -0.2) is 0 Å². The minimum absolute atomic E-state index is 0.681. The number of rotatable bonds is 2. The van der Waals surface area contributed by atoms with E-state index < -0.39 is 0 Å². The second kappa shape index (κ2) is 4.75. The number of nitrogens with one attached hydrogen (secondary N) is 1. The first-order chi connectivity index (χ1) is 9.06. The highest BCUT2D eigenvalue weighted by atomic mass is 127. The summed E-state index contributed by atoms with van der Waals surface area (Å²) in [6.45, 7) is 4.56. The van der Waals surface area contributed by atoms with Crippen molar-refractivity contribution in [2.45, 2.75) is 20.4 Å². The van der Waals surface area contributed by atoms with Gasteiger partial charge in [-0.05, 0) is 66.9 Å². The van der Waals surface area contributed by atoms with Crippen LogP contribution in [0.15, 0.2) is 22.7 Å². The van der Waals surface area contributed by atoms with Crippen molar-refractivity contribution in [1.82, 2.24) is 14.7 Å². The lowest BCUT2D eigenvalue weighted by molar-refractivity contribution is 0.392. The van der Waals surface area contributed by atoms with E-state index in [1.54, 1.807) is 0 Å². The number of aromatic nitrogens is 3. The summed E-state index contributed by atoms with van der Waals surface area (Å²) in [6, 6.07) is 6.26. The smallest absolute Gasteiger partial charge is 0.178 e. The SMILES string of the molecule is Cc1noc(C)c1Cn1c(=S)[nH]c2cc(I)ccc21. The van der Waals surface area contributed by atoms with Crippen LogP contribution in [0.4, 0.5) is 0 Å². The fourth-order valence-corrected chi connectivity index (χ4v) is 2.94. The van der Waals surface area contributed by atoms with Crippen LogP contribution in [-0.2, 0) is 6.54 Å². The standard InChI is InChI=1S/C13H12IN3OS/c1-7-10(8(2)18-16-7)6-17-12-4-3-9(14)5-11(12)15-13(17)19/h3-5H,6H2,1-2H3,(H,15,19). The van der Waals surface area contributed by atoms with Crippen molar-refractivity contribution in [2.75, 3.05) is 0 Å². The molecule has 3 aromatic rings. The van der Waals surface area contributed by atoms with Gasteiger partial charge in [0.25, 0.3) is 0 Å². The number of nitrogens with zero attached hydrogens (tertiary/aromatic N) is 2. The quantitative estimate of drug-likeness (QED) is 0.537. The topological polar surface area (TPSA) is 46.8 Å². The van der Waals surface area contributed by atoms with Gasteiger partial charge >= 0.3 is 0 Å². The number of halogens is 1. The van der Waals surface area contributed by atoms with Gasteiger partial charge in [-0.2, -0.15) is 0 Å². The lowest BCUT2D eigenvalue weighted by Gasteiger charge is -2.04. The van der Waals surface area contributed by atoms with E-state index in [9.17, 15) is 0 Å². The van der Waals surface area contributed by atoms with Crippen LogP contribution in [-0.4, -0.2) is 14.7 Å². The van der Waals surface area contributed by atoms with Gasteiger partial charge in [-0.15, -0.1) is 0 Å². The number of fused-ring (bicyclic) bond motifs is 1. The van der Waals surface area contributed by atoms with Crippen LogP contribution in [0.1, 0.15) is 17.0 Å². The number of hydrogen-bond donors (Lipinski definition) is 1. The molecule has 0 radical (unpaired) electrons. The normalized spacial score (nSPS) is 11.3. The predicted octanol–water partition coefficient (Wildman–Crippen LogP) is 3.96. The molecule has 0 aliphatic heterocycles. The Bertz CT molecular complexity index is 796. The van der Waals surface area contributed by atoms with Gasteiger partial charge in [0, 0.05) is 9.13 Å². The average Bonchev–Trinajstić information content (AvgIpc) is 2.83. The maximum atomic E-state index is 5.41. The minimum Gasteiger partial charge on any atom is -0.361 e. The van der Waals surface area contributed by atoms with E-state index in [2.05, 4.69) is 55.5 Å². The van der Waals surface area contributed by atoms with Gasteiger partial charge in [0.15, 0.2) is 4.77 Å². The van der Waals surface area contributed by atoms with Crippen molar-refractivity contribution in [1.29, 1.82) is 0 Å². The zero-order valence-electron chi connectivity index (χ0n) is 10.5. The fourth-order valence-electron chi connectivity index (χ4n) is 2.18. The zero-order chi connectivity index (χ0) is 13.6. The van der Waals surface area contributed by atoms with E-state index in [1.807, 2.05) is 13.8 Å². The molecule has 1 aromatic carbocycles. The summed E-state index contributed by atoms with van der Waals surface area (Å²) in [5.41, 5.74) is 4.17. The molecule has 6 heteroatoms. The Morgan fingerprint density at radius 2 is 2.21 bits per heavy atom.